The van der Waals surface area contributed by atoms with Crippen LogP contribution in [-0.4, -0.2) is 15.0 Å². The van der Waals surface area contributed by atoms with Crippen molar-refractivity contribution < 1.29 is 0 Å². The van der Waals surface area contributed by atoms with E-state index in [1.54, 1.807) is 0 Å². The predicted octanol–water partition coefficient (Wildman–Crippen LogP) is 10.2. The lowest BCUT2D eigenvalue weighted by Gasteiger charge is -2.30. The van der Waals surface area contributed by atoms with Gasteiger partial charge in [-0.25, -0.2) is 15.0 Å². The van der Waals surface area contributed by atoms with Gasteiger partial charge in [0.15, 0.2) is 17.5 Å². The molecule has 5 aromatic carbocycles. The van der Waals surface area contributed by atoms with Gasteiger partial charge in [0.05, 0.1) is 11.6 Å². The average Bonchev–Trinajstić information content (AvgIpc) is 3.78. The number of nitrogens with zero attached hydrogens (tertiary/aromatic N) is 4. The van der Waals surface area contributed by atoms with Crippen molar-refractivity contribution in [2.45, 2.75) is 37.5 Å². The molecule has 226 valence electrons. The van der Waals surface area contributed by atoms with Crippen LogP contribution in [0.1, 0.15) is 43.2 Å². The smallest absolute Gasteiger partial charge is 0.164 e. The molecule has 1 aromatic heterocycles. The molecule has 0 radical (unpaired) electrons. The Labute approximate surface area is 275 Å². The molecule has 3 fully saturated rings. The molecule has 4 atom stereocenters. The van der Waals surface area contributed by atoms with E-state index >= 15 is 0 Å². The minimum absolute atomic E-state index is 0.389. The Bertz CT molecular complexity index is 2140. The lowest BCUT2D eigenvalue weighted by Crippen LogP contribution is -2.23. The monoisotopic (exact) mass is 606 g/mol. The molecular formula is C43H34N4. The molecular weight excluding hydrogens is 573 g/mol. The fraction of sp³-hybridized carbons (Fsp3) is 0.209. The van der Waals surface area contributed by atoms with Gasteiger partial charge in [0.1, 0.15) is 0 Å². The quantitative estimate of drug-likeness (QED) is 0.189. The van der Waals surface area contributed by atoms with Gasteiger partial charge in [0, 0.05) is 22.3 Å². The van der Waals surface area contributed by atoms with Crippen LogP contribution in [0.25, 0.3) is 56.4 Å². The first-order chi connectivity index (χ1) is 23.2. The number of hydrogen-bond donors (Lipinski definition) is 0. The molecule has 3 aliphatic rings. The second-order valence-corrected chi connectivity index (χ2v) is 13.7. The summed E-state index contributed by atoms with van der Waals surface area (Å²) in [7, 11) is 0. The molecule has 0 amide bonds. The van der Waals surface area contributed by atoms with Crippen LogP contribution in [0.15, 0.2) is 127 Å². The van der Waals surface area contributed by atoms with E-state index in [1.807, 2.05) is 78.9 Å². The fourth-order valence-corrected chi connectivity index (χ4v) is 9.13. The van der Waals surface area contributed by atoms with Gasteiger partial charge in [0.25, 0.3) is 0 Å². The summed E-state index contributed by atoms with van der Waals surface area (Å²) in [5.74, 6) is 4.68. The Morgan fingerprint density at radius 1 is 0.489 bits per heavy atom. The van der Waals surface area contributed by atoms with Crippen LogP contribution in [0.5, 0.6) is 0 Å². The van der Waals surface area contributed by atoms with Gasteiger partial charge in [-0.05, 0) is 83.6 Å². The molecule has 0 saturated heterocycles. The van der Waals surface area contributed by atoms with E-state index < -0.39 is 0 Å². The van der Waals surface area contributed by atoms with Gasteiger partial charge in [-0.15, -0.1) is 0 Å². The maximum atomic E-state index is 9.91. The van der Waals surface area contributed by atoms with Crippen LogP contribution in [0.3, 0.4) is 0 Å². The van der Waals surface area contributed by atoms with Crippen LogP contribution in [0.2, 0.25) is 0 Å². The highest BCUT2D eigenvalue weighted by Gasteiger charge is 2.58. The van der Waals surface area contributed by atoms with E-state index in [-0.39, 0.29) is 0 Å². The predicted molar refractivity (Wildman–Crippen MR) is 187 cm³/mol. The van der Waals surface area contributed by atoms with Crippen LogP contribution < -0.4 is 0 Å². The molecule has 9 rings (SSSR count). The highest BCUT2D eigenvalue weighted by atomic mass is 15.0. The summed E-state index contributed by atoms with van der Waals surface area (Å²) in [5.41, 5.74) is 9.33. The summed E-state index contributed by atoms with van der Waals surface area (Å²) in [6.07, 6.45) is 7.02. The molecule has 3 saturated carbocycles. The van der Waals surface area contributed by atoms with Crippen LogP contribution in [0.4, 0.5) is 0 Å². The minimum Gasteiger partial charge on any atom is -0.208 e. The number of aromatic nitrogens is 3. The molecule has 4 nitrogen and oxygen atoms in total. The standard InChI is InChI=1S/C43H34N4/c44-27-32-12-4-5-14-35(32)36-15-7-9-17-38(36)42-46-40(29-10-2-1-3-11-29)45-41(47-42)37-16-8-6-13-34(37)28-20-22-33(23-21-28)43-24-30-18-19-31(25-43)39(30)26-43/h1-17,20-23,30-31,39H,18-19,24-26H2/t30-,31+,39?,43?. The first kappa shape index (κ1) is 27.9. The van der Waals surface area contributed by atoms with Crippen LogP contribution >= 0.6 is 0 Å². The highest BCUT2D eigenvalue weighted by molar-refractivity contribution is 5.86. The second-order valence-electron chi connectivity index (χ2n) is 13.7. The third-order valence-corrected chi connectivity index (χ3v) is 11.2. The van der Waals surface area contributed by atoms with Gasteiger partial charge in [-0.3, -0.25) is 0 Å². The molecule has 47 heavy (non-hydrogen) atoms. The van der Waals surface area contributed by atoms with E-state index in [9.17, 15) is 5.26 Å². The van der Waals surface area contributed by atoms with Crippen molar-refractivity contribution in [3.05, 3.63) is 139 Å². The largest absolute Gasteiger partial charge is 0.208 e. The molecule has 0 spiro atoms. The maximum Gasteiger partial charge on any atom is 0.164 e. The van der Waals surface area contributed by atoms with Gasteiger partial charge >= 0.3 is 0 Å². The van der Waals surface area contributed by atoms with Crippen molar-refractivity contribution in [3.63, 3.8) is 0 Å². The molecule has 6 aromatic rings. The molecule has 0 aliphatic heterocycles. The van der Waals surface area contributed by atoms with Crippen molar-refractivity contribution >= 4 is 0 Å². The Morgan fingerprint density at radius 3 is 1.66 bits per heavy atom. The fourth-order valence-electron chi connectivity index (χ4n) is 9.13. The summed E-state index contributed by atoms with van der Waals surface area (Å²) < 4.78 is 0. The van der Waals surface area contributed by atoms with E-state index in [1.165, 1.54) is 43.2 Å². The zero-order valence-corrected chi connectivity index (χ0v) is 26.2. The Hall–Kier alpha value is -5.40. The molecule has 2 bridgehead atoms. The van der Waals surface area contributed by atoms with E-state index in [2.05, 4.69) is 54.6 Å². The molecule has 4 heteroatoms. The lowest BCUT2D eigenvalue weighted by atomic mass is 9.74. The summed E-state index contributed by atoms with van der Waals surface area (Å²) in [5, 5.41) is 9.91. The van der Waals surface area contributed by atoms with Crippen molar-refractivity contribution in [1.82, 2.24) is 15.0 Å². The number of hydrogen-bond acceptors (Lipinski definition) is 4. The van der Waals surface area contributed by atoms with Crippen LogP contribution in [0, 0.1) is 29.1 Å². The SMILES string of the molecule is N#Cc1ccccc1-c1ccccc1-c1nc(-c2ccccc2)nc(-c2ccccc2-c2ccc(C34CC5[C@H](CC[C@H]5C3)C4)cc2)n1. The van der Waals surface area contributed by atoms with Gasteiger partial charge in [0.2, 0.25) is 0 Å². The maximum absolute atomic E-state index is 9.91. The van der Waals surface area contributed by atoms with E-state index in [4.69, 9.17) is 15.0 Å². The van der Waals surface area contributed by atoms with Crippen LogP contribution in [-0.2, 0) is 5.41 Å². The first-order valence-electron chi connectivity index (χ1n) is 16.8. The number of fused-ring (bicyclic) bond motifs is 1. The first-order valence-corrected chi connectivity index (χ1v) is 16.8. The van der Waals surface area contributed by atoms with Crippen molar-refractivity contribution in [2.75, 3.05) is 0 Å². The lowest BCUT2D eigenvalue weighted by molar-refractivity contribution is 0.308. The second kappa shape index (κ2) is 11.1. The summed E-state index contributed by atoms with van der Waals surface area (Å²) in [6.45, 7) is 0. The third kappa shape index (κ3) is 4.69. The molecule has 3 aliphatic carbocycles. The van der Waals surface area contributed by atoms with E-state index in [0.29, 0.717) is 28.5 Å². The number of benzene rings is 5. The van der Waals surface area contributed by atoms with Crippen molar-refractivity contribution in [1.29, 1.82) is 5.26 Å². The third-order valence-electron chi connectivity index (χ3n) is 11.2. The van der Waals surface area contributed by atoms with Gasteiger partial charge < -0.3 is 0 Å². The summed E-state index contributed by atoms with van der Waals surface area (Å²) >= 11 is 0. The van der Waals surface area contributed by atoms with Crippen molar-refractivity contribution in [3.8, 4) is 62.5 Å². The Kier molecular flexibility index (Phi) is 6.61. The topological polar surface area (TPSA) is 62.5 Å². The normalized spacial score (nSPS) is 22.3. The molecule has 1 heterocycles. The average molecular weight is 607 g/mol. The molecule has 2 unspecified atom stereocenters. The number of nitriles is 1. The Morgan fingerprint density at radius 2 is 1.02 bits per heavy atom. The highest BCUT2D eigenvalue weighted by Crippen LogP contribution is 2.66. The summed E-state index contributed by atoms with van der Waals surface area (Å²) in [6, 6.07) is 46.0. The van der Waals surface area contributed by atoms with Crippen molar-refractivity contribution in [2.24, 2.45) is 17.8 Å². The minimum atomic E-state index is 0.389. The summed E-state index contributed by atoms with van der Waals surface area (Å²) in [4.78, 5) is 15.3. The van der Waals surface area contributed by atoms with E-state index in [0.717, 1.165) is 51.1 Å². The van der Waals surface area contributed by atoms with Gasteiger partial charge in [-0.1, -0.05) is 121 Å². The molecule has 0 N–H and O–H groups in total. The zero-order valence-electron chi connectivity index (χ0n) is 26.2. The number of rotatable bonds is 6. The van der Waals surface area contributed by atoms with Gasteiger partial charge in [-0.2, -0.15) is 5.26 Å². The zero-order chi connectivity index (χ0) is 31.4. The Balaban J connectivity index is 1.16.